The third-order valence-corrected chi connectivity index (χ3v) is 1.83. The van der Waals surface area contributed by atoms with Gasteiger partial charge in [0.05, 0.1) is 19.8 Å². The monoisotopic (exact) mass is 187 g/mol. The number of hydrogen-bond acceptors (Lipinski definition) is 4. The summed E-state index contributed by atoms with van der Waals surface area (Å²) < 4.78 is 11.0. The quantitative estimate of drug-likeness (QED) is 0.630. The Morgan fingerprint density at radius 1 is 1.42 bits per heavy atom. The van der Waals surface area contributed by atoms with Crippen LogP contribution in [0, 0.1) is 4.77 Å². The smallest absolute Gasteiger partial charge is 0.213 e. The minimum Gasteiger partial charge on any atom is -0.376 e. The van der Waals surface area contributed by atoms with Gasteiger partial charge in [-0.2, -0.15) is 0 Å². The van der Waals surface area contributed by atoms with Gasteiger partial charge in [0, 0.05) is 0 Å². The normalized spacial score (nSPS) is 24.2. The largest absolute Gasteiger partial charge is 0.376 e. The molecule has 1 aliphatic heterocycles. The van der Waals surface area contributed by atoms with Gasteiger partial charge in [0.1, 0.15) is 6.10 Å². The molecular weight excluding hydrogens is 178 g/mol. The minimum atomic E-state index is -0.105. The lowest BCUT2D eigenvalue weighted by Crippen LogP contribution is -2.22. The topological polar surface area (TPSA) is 62.9 Å². The van der Waals surface area contributed by atoms with Crippen LogP contribution in [0.2, 0.25) is 0 Å². The highest BCUT2D eigenvalue weighted by Gasteiger charge is 2.18. The number of nitrogens with zero attached hydrogens (tertiary/aromatic N) is 1. The van der Waals surface area contributed by atoms with Crippen molar-refractivity contribution in [3.05, 3.63) is 10.6 Å². The van der Waals surface area contributed by atoms with E-state index in [0.29, 0.717) is 30.4 Å². The molecular formula is C6H9N3O2S. The van der Waals surface area contributed by atoms with Crippen LogP contribution in [0.15, 0.2) is 0 Å². The fourth-order valence-electron chi connectivity index (χ4n) is 1.08. The van der Waals surface area contributed by atoms with Gasteiger partial charge < -0.3 is 9.47 Å². The zero-order valence-corrected chi connectivity index (χ0v) is 7.19. The third kappa shape index (κ3) is 1.55. The molecule has 5 nitrogen and oxygen atoms in total. The Hall–Kier alpha value is -0.720. The number of H-pyrrole nitrogens is 2. The fraction of sp³-hybridized carbons (Fsp3) is 0.667. The molecule has 0 spiro atoms. The van der Waals surface area contributed by atoms with Crippen LogP contribution < -0.4 is 0 Å². The van der Waals surface area contributed by atoms with Crippen molar-refractivity contribution < 1.29 is 9.47 Å². The van der Waals surface area contributed by atoms with Crippen LogP contribution in [-0.2, 0) is 9.47 Å². The molecule has 2 rings (SSSR count). The second-order valence-electron chi connectivity index (χ2n) is 2.49. The average molecular weight is 187 g/mol. The van der Waals surface area contributed by atoms with E-state index in [1.807, 2.05) is 0 Å². The number of nitrogens with one attached hydrogen (secondary N) is 2. The van der Waals surface area contributed by atoms with Gasteiger partial charge in [-0.25, -0.2) is 4.98 Å². The Kier molecular flexibility index (Phi) is 2.20. The van der Waals surface area contributed by atoms with Gasteiger partial charge in [-0.15, -0.1) is 0 Å². The highest BCUT2D eigenvalue weighted by molar-refractivity contribution is 7.71. The van der Waals surface area contributed by atoms with Crippen LogP contribution >= 0.6 is 12.2 Å². The number of aromatic nitrogens is 3. The predicted molar refractivity (Wildman–Crippen MR) is 43.3 cm³/mol. The van der Waals surface area contributed by atoms with Crippen molar-refractivity contribution in [3.63, 3.8) is 0 Å². The first-order valence-corrected chi connectivity index (χ1v) is 4.11. The van der Waals surface area contributed by atoms with E-state index < -0.39 is 0 Å². The summed E-state index contributed by atoms with van der Waals surface area (Å²) in [4.78, 5) is 4.03. The molecule has 2 heterocycles. The number of aromatic amines is 2. The molecule has 1 fully saturated rings. The van der Waals surface area contributed by atoms with Crippen LogP contribution in [0.1, 0.15) is 11.9 Å². The SMILES string of the molecule is S=c1nc(C2COCCO2)[nH][nH]1. The van der Waals surface area contributed by atoms with Crippen LogP contribution in [-0.4, -0.2) is 35.0 Å². The van der Waals surface area contributed by atoms with Gasteiger partial charge in [0.15, 0.2) is 5.82 Å². The maximum atomic E-state index is 5.39. The van der Waals surface area contributed by atoms with Crippen LogP contribution in [0.4, 0.5) is 0 Å². The predicted octanol–water partition coefficient (Wildman–Crippen LogP) is 0.555. The number of hydrogen-bond donors (Lipinski definition) is 2. The van der Waals surface area contributed by atoms with E-state index in [0.717, 1.165) is 0 Å². The first-order valence-electron chi connectivity index (χ1n) is 3.70. The summed E-state index contributed by atoms with van der Waals surface area (Å²) in [6.45, 7) is 1.80. The molecule has 12 heavy (non-hydrogen) atoms. The van der Waals surface area contributed by atoms with Gasteiger partial charge in [0.2, 0.25) is 4.77 Å². The van der Waals surface area contributed by atoms with Gasteiger partial charge in [-0.05, 0) is 12.2 Å². The zero-order chi connectivity index (χ0) is 8.39. The minimum absolute atomic E-state index is 0.105. The van der Waals surface area contributed by atoms with Crippen LogP contribution in [0.25, 0.3) is 0 Å². The van der Waals surface area contributed by atoms with Crippen molar-refractivity contribution in [3.8, 4) is 0 Å². The molecule has 0 bridgehead atoms. The third-order valence-electron chi connectivity index (χ3n) is 1.64. The summed E-state index contributed by atoms with van der Waals surface area (Å²) in [6.07, 6.45) is -0.105. The summed E-state index contributed by atoms with van der Waals surface area (Å²) in [5.74, 6) is 0.708. The second kappa shape index (κ2) is 3.34. The van der Waals surface area contributed by atoms with Crippen molar-refractivity contribution in [2.45, 2.75) is 6.10 Å². The molecule has 1 saturated heterocycles. The molecule has 0 aliphatic carbocycles. The Labute approximate surface area is 74.1 Å². The van der Waals surface area contributed by atoms with Crippen LogP contribution in [0.5, 0.6) is 0 Å². The maximum absolute atomic E-state index is 5.39. The first kappa shape index (κ1) is 7.90. The molecule has 66 valence electrons. The molecule has 0 aromatic carbocycles. The summed E-state index contributed by atoms with van der Waals surface area (Å²) in [7, 11) is 0. The van der Waals surface area contributed by atoms with E-state index in [9.17, 15) is 0 Å². The zero-order valence-electron chi connectivity index (χ0n) is 6.37. The van der Waals surface area contributed by atoms with Gasteiger partial charge in [-0.1, -0.05) is 0 Å². The van der Waals surface area contributed by atoms with Crippen molar-refractivity contribution in [2.75, 3.05) is 19.8 Å². The van der Waals surface area contributed by atoms with E-state index in [1.165, 1.54) is 0 Å². The molecule has 2 N–H and O–H groups in total. The van der Waals surface area contributed by atoms with Crippen LogP contribution in [0.3, 0.4) is 0 Å². The summed E-state index contributed by atoms with van der Waals surface area (Å²) in [5, 5.41) is 5.54. The van der Waals surface area contributed by atoms with Crippen molar-refractivity contribution in [2.24, 2.45) is 0 Å². The summed E-state index contributed by atoms with van der Waals surface area (Å²) >= 11 is 4.81. The van der Waals surface area contributed by atoms with Crippen molar-refractivity contribution in [1.82, 2.24) is 15.2 Å². The lowest BCUT2D eigenvalue weighted by Gasteiger charge is -2.20. The lowest BCUT2D eigenvalue weighted by atomic mass is 10.3. The lowest BCUT2D eigenvalue weighted by molar-refractivity contribution is -0.0934. The fourth-order valence-corrected chi connectivity index (χ4v) is 1.23. The Morgan fingerprint density at radius 2 is 2.33 bits per heavy atom. The molecule has 1 aromatic heterocycles. The highest BCUT2D eigenvalue weighted by atomic mass is 32.1. The molecule has 6 heteroatoms. The maximum Gasteiger partial charge on any atom is 0.213 e. The Bertz CT molecular complexity index is 302. The van der Waals surface area contributed by atoms with Gasteiger partial charge >= 0.3 is 0 Å². The van der Waals surface area contributed by atoms with Crippen molar-refractivity contribution >= 4 is 12.2 Å². The van der Waals surface area contributed by atoms with E-state index in [2.05, 4.69) is 15.2 Å². The van der Waals surface area contributed by atoms with E-state index >= 15 is 0 Å². The van der Waals surface area contributed by atoms with Gasteiger partial charge in [-0.3, -0.25) is 10.2 Å². The number of rotatable bonds is 1. The standard InChI is InChI=1S/C6H9N3O2S/c12-6-7-5(8-9-6)4-3-10-1-2-11-4/h4H,1-3H2,(H2,7,8,9,12). The van der Waals surface area contributed by atoms with E-state index in [1.54, 1.807) is 0 Å². The molecule has 0 saturated carbocycles. The second-order valence-corrected chi connectivity index (χ2v) is 2.87. The molecule has 0 radical (unpaired) electrons. The number of ether oxygens (including phenoxy) is 2. The summed E-state index contributed by atoms with van der Waals surface area (Å²) in [6, 6.07) is 0. The molecule has 1 aromatic rings. The van der Waals surface area contributed by atoms with Crippen molar-refractivity contribution in [1.29, 1.82) is 0 Å². The average Bonchev–Trinajstić information content (AvgIpc) is 2.54. The van der Waals surface area contributed by atoms with Gasteiger partial charge in [0.25, 0.3) is 0 Å². The summed E-state index contributed by atoms with van der Waals surface area (Å²) in [5.41, 5.74) is 0. The molecule has 0 amide bonds. The van der Waals surface area contributed by atoms with E-state index in [4.69, 9.17) is 21.7 Å². The Balaban J connectivity index is 2.13. The first-order chi connectivity index (χ1) is 5.86. The molecule has 1 atom stereocenters. The molecule has 1 unspecified atom stereocenters. The highest BCUT2D eigenvalue weighted by Crippen LogP contribution is 2.15. The Morgan fingerprint density at radius 3 is 2.92 bits per heavy atom. The molecule has 1 aliphatic rings. The van der Waals surface area contributed by atoms with E-state index in [-0.39, 0.29) is 6.10 Å².